The number of carbonyl (C=O) groups is 1. The molecule has 0 saturated heterocycles. The summed E-state index contributed by atoms with van der Waals surface area (Å²) in [5.41, 5.74) is 0. The first-order chi connectivity index (χ1) is 6.65. The van der Waals surface area contributed by atoms with Gasteiger partial charge in [0.05, 0.1) is 20.1 Å². The van der Waals surface area contributed by atoms with Crippen LogP contribution >= 0.6 is 0 Å². The van der Waals surface area contributed by atoms with Crippen molar-refractivity contribution in [1.82, 2.24) is 5.32 Å². The molecule has 0 aromatic heterocycles. The van der Waals surface area contributed by atoms with Crippen LogP contribution < -0.4 is 5.32 Å². The average molecular weight is 203 g/mol. The number of methoxy groups -OCH3 is 2. The number of hydrogen-bond acceptors (Lipinski definition) is 4. The Balaban J connectivity index is 4.05. The number of ether oxygens (including phenoxy) is 2. The van der Waals surface area contributed by atoms with E-state index >= 15 is 0 Å². The van der Waals surface area contributed by atoms with Crippen LogP contribution in [0.15, 0.2) is 0 Å². The summed E-state index contributed by atoms with van der Waals surface area (Å²) in [6.45, 7) is 5.56. The number of carbonyl (C=O) groups excluding carboxylic acids is 1. The third-order valence-electron chi connectivity index (χ3n) is 2.20. The maximum Gasteiger partial charge on any atom is 0.307 e. The molecule has 14 heavy (non-hydrogen) atoms. The van der Waals surface area contributed by atoms with Crippen LogP contribution in [0.1, 0.15) is 20.3 Å². The van der Waals surface area contributed by atoms with Gasteiger partial charge in [0.1, 0.15) is 0 Å². The normalized spacial score (nSPS) is 14.9. The second kappa shape index (κ2) is 7.76. The third-order valence-corrected chi connectivity index (χ3v) is 2.20. The SMILES string of the molecule is CCNC(CC(=O)OC)C(C)COC. The molecule has 4 heteroatoms. The topological polar surface area (TPSA) is 47.6 Å². The summed E-state index contributed by atoms with van der Waals surface area (Å²) in [4.78, 5) is 11.1. The van der Waals surface area contributed by atoms with Crippen molar-refractivity contribution in [1.29, 1.82) is 0 Å². The molecule has 0 aliphatic carbocycles. The molecule has 2 unspecified atom stereocenters. The summed E-state index contributed by atoms with van der Waals surface area (Å²) in [5.74, 6) is 0.123. The number of esters is 1. The Hall–Kier alpha value is -0.610. The molecule has 4 nitrogen and oxygen atoms in total. The van der Waals surface area contributed by atoms with Crippen molar-refractivity contribution in [2.45, 2.75) is 26.3 Å². The maximum absolute atomic E-state index is 11.1. The van der Waals surface area contributed by atoms with Crippen LogP contribution in [0.3, 0.4) is 0 Å². The second-order valence-corrected chi connectivity index (χ2v) is 3.38. The summed E-state index contributed by atoms with van der Waals surface area (Å²) in [7, 11) is 3.07. The van der Waals surface area contributed by atoms with Crippen molar-refractivity contribution >= 4 is 5.97 Å². The van der Waals surface area contributed by atoms with Gasteiger partial charge < -0.3 is 14.8 Å². The Kier molecular flexibility index (Phi) is 7.42. The third kappa shape index (κ3) is 5.19. The van der Waals surface area contributed by atoms with Gasteiger partial charge in [0.15, 0.2) is 0 Å². The number of rotatable bonds is 7. The summed E-state index contributed by atoms with van der Waals surface area (Å²) in [5, 5.41) is 3.25. The Bertz CT molecular complexity index is 161. The van der Waals surface area contributed by atoms with E-state index in [1.165, 1.54) is 7.11 Å². The zero-order valence-electron chi connectivity index (χ0n) is 9.50. The fourth-order valence-electron chi connectivity index (χ4n) is 1.38. The Labute approximate surface area is 86.0 Å². The first kappa shape index (κ1) is 13.4. The molecule has 0 radical (unpaired) electrons. The van der Waals surface area contributed by atoms with Gasteiger partial charge in [-0.15, -0.1) is 0 Å². The molecule has 0 bridgehead atoms. The molecule has 0 aliphatic heterocycles. The second-order valence-electron chi connectivity index (χ2n) is 3.38. The quantitative estimate of drug-likeness (QED) is 0.622. The van der Waals surface area contributed by atoms with Crippen LogP contribution in [0.4, 0.5) is 0 Å². The smallest absolute Gasteiger partial charge is 0.307 e. The van der Waals surface area contributed by atoms with E-state index in [1.54, 1.807) is 7.11 Å². The van der Waals surface area contributed by atoms with Gasteiger partial charge in [-0.2, -0.15) is 0 Å². The van der Waals surface area contributed by atoms with Gasteiger partial charge in [0.25, 0.3) is 0 Å². The van der Waals surface area contributed by atoms with Crippen molar-refractivity contribution in [3.63, 3.8) is 0 Å². The van der Waals surface area contributed by atoms with Crippen molar-refractivity contribution in [2.75, 3.05) is 27.4 Å². The molecule has 1 N–H and O–H groups in total. The van der Waals surface area contributed by atoms with E-state index < -0.39 is 0 Å². The average Bonchev–Trinajstić information content (AvgIpc) is 2.17. The Morgan fingerprint density at radius 2 is 2.07 bits per heavy atom. The predicted molar refractivity (Wildman–Crippen MR) is 55.1 cm³/mol. The van der Waals surface area contributed by atoms with Crippen LogP contribution in [0.5, 0.6) is 0 Å². The lowest BCUT2D eigenvalue weighted by Crippen LogP contribution is -2.38. The largest absolute Gasteiger partial charge is 0.469 e. The molecule has 0 aromatic carbocycles. The molecule has 0 spiro atoms. The van der Waals surface area contributed by atoms with Crippen molar-refractivity contribution in [2.24, 2.45) is 5.92 Å². The zero-order chi connectivity index (χ0) is 11.0. The van der Waals surface area contributed by atoms with Crippen LogP contribution in [-0.4, -0.2) is 39.4 Å². The van der Waals surface area contributed by atoms with E-state index in [9.17, 15) is 4.79 Å². The minimum Gasteiger partial charge on any atom is -0.469 e. The lowest BCUT2D eigenvalue weighted by molar-refractivity contribution is -0.141. The molecule has 0 rings (SSSR count). The standard InChI is InChI=1S/C10H21NO3/c1-5-11-9(6-10(12)14-4)8(2)7-13-3/h8-9,11H,5-7H2,1-4H3. The van der Waals surface area contributed by atoms with Crippen LogP contribution in [0.25, 0.3) is 0 Å². The van der Waals surface area contributed by atoms with Gasteiger partial charge in [-0.3, -0.25) is 4.79 Å². The molecule has 0 heterocycles. The van der Waals surface area contributed by atoms with Gasteiger partial charge >= 0.3 is 5.97 Å². The summed E-state index contributed by atoms with van der Waals surface area (Å²) in [6, 6.07) is 0.132. The molecule has 84 valence electrons. The highest BCUT2D eigenvalue weighted by atomic mass is 16.5. The van der Waals surface area contributed by atoms with Crippen LogP contribution in [-0.2, 0) is 14.3 Å². The fourth-order valence-corrected chi connectivity index (χ4v) is 1.38. The molecule has 0 aliphatic rings. The molecule has 0 fully saturated rings. The summed E-state index contributed by atoms with van der Waals surface area (Å²) < 4.78 is 9.69. The highest BCUT2D eigenvalue weighted by Gasteiger charge is 2.19. The van der Waals surface area contributed by atoms with E-state index in [-0.39, 0.29) is 12.0 Å². The maximum atomic E-state index is 11.1. The molecule has 0 amide bonds. The first-order valence-electron chi connectivity index (χ1n) is 4.94. The lowest BCUT2D eigenvalue weighted by atomic mass is 10.00. The Morgan fingerprint density at radius 1 is 1.43 bits per heavy atom. The minimum absolute atomic E-state index is 0.132. The van der Waals surface area contributed by atoms with Gasteiger partial charge in [0.2, 0.25) is 0 Å². The first-order valence-corrected chi connectivity index (χ1v) is 4.94. The summed E-state index contributed by atoms with van der Waals surface area (Å²) >= 11 is 0. The van der Waals surface area contributed by atoms with Gasteiger partial charge in [-0.05, 0) is 12.5 Å². The predicted octanol–water partition coefficient (Wildman–Crippen LogP) is 0.810. The fraction of sp³-hybridized carbons (Fsp3) is 0.900. The highest BCUT2D eigenvalue weighted by molar-refractivity contribution is 5.69. The van der Waals surface area contributed by atoms with Crippen molar-refractivity contribution in [3.05, 3.63) is 0 Å². The van der Waals surface area contributed by atoms with Gasteiger partial charge in [-0.1, -0.05) is 13.8 Å². The molecular formula is C10H21NO3. The lowest BCUT2D eigenvalue weighted by Gasteiger charge is -2.23. The van der Waals surface area contributed by atoms with Gasteiger partial charge in [-0.25, -0.2) is 0 Å². The Morgan fingerprint density at radius 3 is 2.50 bits per heavy atom. The van der Waals surface area contributed by atoms with Crippen LogP contribution in [0.2, 0.25) is 0 Å². The highest BCUT2D eigenvalue weighted by Crippen LogP contribution is 2.08. The van der Waals surface area contributed by atoms with Gasteiger partial charge in [0, 0.05) is 13.2 Å². The van der Waals surface area contributed by atoms with Crippen molar-refractivity contribution in [3.8, 4) is 0 Å². The molecular weight excluding hydrogens is 182 g/mol. The van der Waals surface area contributed by atoms with E-state index in [0.717, 1.165) is 6.54 Å². The number of nitrogens with one attached hydrogen (secondary N) is 1. The molecule has 2 atom stereocenters. The van der Waals surface area contributed by atoms with Crippen molar-refractivity contribution < 1.29 is 14.3 Å². The zero-order valence-corrected chi connectivity index (χ0v) is 9.50. The van der Waals surface area contributed by atoms with Crippen LogP contribution in [0, 0.1) is 5.92 Å². The molecule has 0 saturated carbocycles. The van der Waals surface area contributed by atoms with E-state index in [0.29, 0.717) is 18.9 Å². The monoisotopic (exact) mass is 203 g/mol. The minimum atomic E-state index is -0.182. The van der Waals surface area contributed by atoms with E-state index in [2.05, 4.69) is 17.0 Å². The van der Waals surface area contributed by atoms with E-state index in [1.807, 2.05) is 6.92 Å². The van der Waals surface area contributed by atoms with E-state index in [4.69, 9.17) is 4.74 Å². The summed E-state index contributed by atoms with van der Waals surface area (Å²) in [6.07, 6.45) is 0.398. The molecule has 0 aromatic rings. The number of hydrogen-bond donors (Lipinski definition) is 1.